The molecule has 0 amide bonds. The van der Waals surface area contributed by atoms with Crippen LogP contribution in [0.4, 0.5) is 4.39 Å². The van der Waals surface area contributed by atoms with Gasteiger partial charge < -0.3 is 5.32 Å². The van der Waals surface area contributed by atoms with Crippen LogP contribution in [0.1, 0.15) is 33.9 Å². The van der Waals surface area contributed by atoms with Crippen LogP contribution in [0.15, 0.2) is 30.3 Å². The van der Waals surface area contributed by atoms with Crippen molar-refractivity contribution in [1.29, 1.82) is 0 Å². The van der Waals surface area contributed by atoms with E-state index in [-0.39, 0.29) is 16.9 Å². The Morgan fingerprint density at radius 1 is 1.10 bits per heavy atom. The molecule has 0 aliphatic heterocycles. The highest BCUT2D eigenvalue weighted by molar-refractivity contribution is 6.30. The normalized spacial score (nSPS) is 12.5. The molecule has 1 atom stereocenters. The van der Waals surface area contributed by atoms with Gasteiger partial charge in [0, 0.05) is 6.04 Å². The van der Waals surface area contributed by atoms with Crippen molar-refractivity contribution < 1.29 is 4.39 Å². The predicted octanol–water partition coefficient (Wildman–Crippen LogP) is 4.91. The number of halogens is 2. The van der Waals surface area contributed by atoms with Gasteiger partial charge in [-0.05, 0) is 68.6 Å². The third-order valence-electron chi connectivity index (χ3n) is 3.94. The molecule has 0 heterocycles. The standard InChI is InChI=1S/C18H21ClFN/c1-11-7-12(2)15(13(3)8-11)10-18(21-4)14-5-6-16(19)17(20)9-14/h5-9,18,21H,10H2,1-4H3. The molecule has 3 heteroatoms. The van der Waals surface area contributed by atoms with Crippen LogP contribution in [0.2, 0.25) is 5.02 Å². The van der Waals surface area contributed by atoms with E-state index >= 15 is 0 Å². The Labute approximate surface area is 131 Å². The molecular formula is C18H21ClFN. The molecule has 0 aliphatic rings. The number of aryl methyl sites for hydroxylation is 3. The van der Waals surface area contributed by atoms with Gasteiger partial charge in [-0.15, -0.1) is 0 Å². The van der Waals surface area contributed by atoms with Gasteiger partial charge in [-0.1, -0.05) is 35.4 Å². The molecule has 21 heavy (non-hydrogen) atoms. The van der Waals surface area contributed by atoms with Gasteiger partial charge in [0.1, 0.15) is 5.82 Å². The number of benzene rings is 2. The van der Waals surface area contributed by atoms with Crippen LogP contribution in [0.5, 0.6) is 0 Å². The van der Waals surface area contributed by atoms with Crippen LogP contribution in [-0.2, 0) is 6.42 Å². The second-order valence-electron chi connectivity index (χ2n) is 5.60. The zero-order valence-electron chi connectivity index (χ0n) is 12.9. The fourth-order valence-electron chi connectivity index (χ4n) is 2.85. The van der Waals surface area contributed by atoms with Gasteiger partial charge in [-0.25, -0.2) is 4.39 Å². The maximum Gasteiger partial charge on any atom is 0.142 e. The Balaban J connectivity index is 2.33. The fraction of sp³-hybridized carbons (Fsp3) is 0.333. The van der Waals surface area contributed by atoms with E-state index in [1.807, 2.05) is 13.1 Å². The van der Waals surface area contributed by atoms with Gasteiger partial charge in [0.15, 0.2) is 0 Å². The molecule has 112 valence electrons. The van der Waals surface area contributed by atoms with Crippen LogP contribution in [0.3, 0.4) is 0 Å². The van der Waals surface area contributed by atoms with Crippen molar-refractivity contribution in [1.82, 2.24) is 5.32 Å². The van der Waals surface area contributed by atoms with Crippen LogP contribution in [0, 0.1) is 26.6 Å². The summed E-state index contributed by atoms with van der Waals surface area (Å²) >= 11 is 5.76. The largest absolute Gasteiger partial charge is 0.313 e. The maximum atomic E-state index is 13.7. The lowest BCUT2D eigenvalue weighted by molar-refractivity contribution is 0.575. The van der Waals surface area contributed by atoms with Crippen LogP contribution in [0.25, 0.3) is 0 Å². The van der Waals surface area contributed by atoms with Gasteiger partial charge in [-0.2, -0.15) is 0 Å². The molecule has 0 spiro atoms. The molecule has 0 aliphatic carbocycles. The number of likely N-dealkylation sites (N-methyl/N-ethyl adjacent to an activating group) is 1. The Kier molecular flexibility index (Phi) is 5.02. The average molecular weight is 306 g/mol. The Bertz CT molecular complexity index is 629. The van der Waals surface area contributed by atoms with Gasteiger partial charge in [-0.3, -0.25) is 0 Å². The minimum atomic E-state index is -0.369. The number of nitrogens with one attached hydrogen (secondary N) is 1. The van der Waals surface area contributed by atoms with Crippen molar-refractivity contribution >= 4 is 11.6 Å². The molecule has 0 saturated carbocycles. The quantitative estimate of drug-likeness (QED) is 0.846. The third-order valence-corrected chi connectivity index (χ3v) is 4.25. The lowest BCUT2D eigenvalue weighted by Gasteiger charge is -2.20. The van der Waals surface area contributed by atoms with E-state index < -0.39 is 0 Å². The summed E-state index contributed by atoms with van der Waals surface area (Å²) < 4.78 is 13.7. The zero-order valence-corrected chi connectivity index (χ0v) is 13.7. The maximum absolute atomic E-state index is 13.7. The molecule has 2 aromatic carbocycles. The molecule has 0 aromatic heterocycles. The van der Waals surface area contributed by atoms with Crippen molar-refractivity contribution in [3.05, 3.63) is 69.0 Å². The Hall–Kier alpha value is -1.38. The third kappa shape index (κ3) is 3.63. The van der Waals surface area contributed by atoms with Crippen molar-refractivity contribution in [2.75, 3.05) is 7.05 Å². The first-order valence-corrected chi connectivity index (χ1v) is 7.49. The predicted molar refractivity (Wildman–Crippen MR) is 87.6 cm³/mol. The zero-order chi connectivity index (χ0) is 15.6. The van der Waals surface area contributed by atoms with E-state index in [1.165, 1.54) is 28.3 Å². The Morgan fingerprint density at radius 3 is 2.24 bits per heavy atom. The first-order valence-electron chi connectivity index (χ1n) is 7.11. The molecule has 1 unspecified atom stereocenters. The second kappa shape index (κ2) is 6.59. The van der Waals surface area contributed by atoms with Crippen LogP contribution in [-0.4, -0.2) is 7.05 Å². The van der Waals surface area contributed by atoms with E-state index in [4.69, 9.17) is 11.6 Å². The summed E-state index contributed by atoms with van der Waals surface area (Å²) in [5.74, 6) is -0.369. The average Bonchev–Trinajstić information content (AvgIpc) is 2.41. The highest BCUT2D eigenvalue weighted by Crippen LogP contribution is 2.26. The molecule has 0 fully saturated rings. The van der Waals surface area contributed by atoms with E-state index in [9.17, 15) is 4.39 Å². The number of rotatable bonds is 4. The van der Waals surface area contributed by atoms with Crippen molar-refractivity contribution in [3.8, 4) is 0 Å². The van der Waals surface area contributed by atoms with E-state index in [2.05, 4.69) is 38.2 Å². The highest BCUT2D eigenvalue weighted by atomic mass is 35.5. The van der Waals surface area contributed by atoms with Crippen molar-refractivity contribution in [2.45, 2.75) is 33.2 Å². The van der Waals surface area contributed by atoms with Gasteiger partial charge in [0.2, 0.25) is 0 Å². The minimum absolute atomic E-state index is 0.0665. The summed E-state index contributed by atoms with van der Waals surface area (Å²) in [6.45, 7) is 6.36. The lowest BCUT2D eigenvalue weighted by atomic mass is 9.91. The molecule has 2 rings (SSSR count). The molecule has 2 aromatic rings. The SMILES string of the molecule is CNC(Cc1c(C)cc(C)cc1C)c1ccc(Cl)c(F)c1. The number of hydrogen-bond acceptors (Lipinski definition) is 1. The second-order valence-corrected chi connectivity index (χ2v) is 6.00. The summed E-state index contributed by atoms with van der Waals surface area (Å²) in [6, 6.07) is 9.46. The Morgan fingerprint density at radius 2 is 1.71 bits per heavy atom. The monoisotopic (exact) mass is 305 g/mol. The topological polar surface area (TPSA) is 12.0 Å². The minimum Gasteiger partial charge on any atom is -0.313 e. The smallest absolute Gasteiger partial charge is 0.142 e. The van der Waals surface area contributed by atoms with Crippen molar-refractivity contribution in [2.24, 2.45) is 0 Å². The van der Waals surface area contributed by atoms with E-state index in [0.29, 0.717) is 0 Å². The molecule has 0 saturated heterocycles. The van der Waals surface area contributed by atoms with Crippen LogP contribution < -0.4 is 5.32 Å². The highest BCUT2D eigenvalue weighted by Gasteiger charge is 2.15. The van der Waals surface area contributed by atoms with Gasteiger partial charge in [0.25, 0.3) is 0 Å². The molecule has 1 nitrogen and oxygen atoms in total. The van der Waals surface area contributed by atoms with Gasteiger partial charge in [0.05, 0.1) is 5.02 Å². The molecule has 0 bridgehead atoms. The number of hydrogen-bond donors (Lipinski definition) is 1. The summed E-state index contributed by atoms with van der Waals surface area (Å²) in [4.78, 5) is 0. The first-order chi connectivity index (χ1) is 9.92. The fourth-order valence-corrected chi connectivity index (χ4v) is 2.97. The summed E-state index contributed by atoms with van der Waals surface area (Å²) in [7, 11) is 1.90. The van der Waals surface area contributed by atoms with E-state index in [1.54, 1.807) is 6.07 Å². The summed E-state index contributed by atoms with van der Waals surface area (Å²) in [6.07, 6.45) is 0.829. The molecule has 0 radical (unpaired) electrons. The molecular weight excluding hydrogens is 285 g/mol. The first kappa shape index (κ1) is 16.0. The van der Waals surface area contributed by atoms with Gasteiger partial charge >= 0.3 is 0 Å². The lowest BCUT2D eigenvalue weighted by Crippen LogP contribution is -2.20. The molecule has 1 N–H and O–H groups in total. The van der Waals surface area contributed by atoms with Crippen molar-refractivity contribution in [3.63, 3.8) is 0 Å². The van der Waals surface area contributed by atoms with E-state index in [0.717, 1.165) is 12.0 Å². The van der Waals surface area contributed by atoms with Crippen LogP contribution >= 0.6 is 11.6 Å². The summed E-state index contributed by atoms with van der Waals surface area (Å²) in [5, 5.41) is 3.44. The summed E-state index contributed by atoms with van der Waals surface area (Å²) in [5.41, 5.74) is 6.06.